The minimum Gasteiger partial charge on any atom is -0.481 e. The van der Waals surface area contributed by atoms with Gasteiger partial charge in [-0.05, 0) is 81.0 Å². The molecule has 2 aromatic rings. The topological polar surface area (TPSA) is 218 Å². The molecule has 5 rings (SSSR count). The van der Waals surface area contributed by atoms with Gasteiger partial charge >= 0.3 is 5.97 Å². The number of carbonyl (C=O) groups is 7. The van der Waals surface area contributed by atoms with Gasteiger partial charge in [-0.2, -0.15) is 0 Å². The number of Topliss-reactive ketones (excluding diaryl/α,β-unsaturated/α-hetero) is 1. The maximum atomic E-state index is 14.0. The van der Waals surface area contributed by atoms with E-state index in [1.807, 2.05) is 32.0 Å². The molecule has 3 aliphatic rings. The van der Waals surface area contributed by atoms with E-state index in [1.165, 1.54) is 18.7 Å². The zero-order valence-corrected chi connectivity index (χ0v) is 34.0. The van der Waals surface area contributed by atoms with Gasteiger partial charge in [0.2, 0.25) is 29.5 Å². The average Bonchev–Trinajstić information content (AvgIpc) is 3.68. The highest BCUT2D eigenvalue weighted by Gasteiger charge is 2.38. The van der Waals surface area contributed by atoms with Gasteiger partial charge in [-0.15, -0.1) is 0 Å². The molecule has 3 aliphatic heterocycles. The molecular weight excluding hydrogens is 747 g/mol. The Labute approximate surface area is 339 Å². The molecule has 0 spiro atoms. The van der Waals surface area contributed by atoms with Crippen LogP contribution in [0.1, 0.15) is 75.7 Å². The first-order valence-corrected chi connectivity index (χ1v) is 20.1. The molecule has 314 valence electrons. The van der Waals surface area contributed by atoms with Crippen molar-refractivity contribution in [3.63, 3.8) is 0 Å². The van der Waals surface area contributed by atoms with Gasteiger partial charge in [0.25, 0.3) is 0 Å². The number of rotatable bonds is 7. The van der Waals surface area contributed by atoms with Crippen LogP contribution < -0.4 is 26.2 Å². The summed E-state index contributed by atoms with van der Waals surface area (Å²) in [6.45, 7) is 10.4. The van der Waals surface area contributed by atoms with Crippen LogP contribution in [0.25, 0.3) is 11.1 Å². The fraction of sp³-hybridized carbons (Fsp3) is 0.548. The zero-order valence-electron chi connectivity index (χ0n) is 34.0. The summed E-state index contributed by atoms with van der Waals surface area (Å²) in [5.41, 5.74) is 3.67. The second-order valence-electron chi connectivity index (χ2n) is 16.2. The molecule has 5 amide bonds. The minimum absolute atomic E-state index is 0.0247. The van der Waals surface area contributed by atoms with Gasteiger partial charge in [0.05, 0.1) is 12.5 Å². The highest BCUT2D eigenvalue weighted by molar-refractivity contribution is 6.01. The molecule has 2 aromatic carbocycles. The normalized spacial score (nSPS) is 25.3. The highest BCUT2D eigenvalue weighted by atomic mass is 16.4. The first-order chi connectivity index (χ1) is 27.5. The molecule has 0 saturated carbocycles. The number of ketones is 1. The molecule has 6 N–H and O–H groups in total. The van der Waals surface area contributed by atoms with Crippen LogP contribution in [0, 0.1) is 11.8 Å². The van der Waals surface area contributed by atoms with E-state index in [0.717, 1.165) is 43.0 Å². The Morgan fingerprint density at radius 3 is 2.14 bits per heavy atom. The first kappa shape index (κ1) is 43.8. The number of aliphatic carboxylic acids is 1. The summed E-state index contributed by atoms with van der Waals surface area (Å²) in [4.78, 5) is 100. The van der Waals surface area contributed by atoms with Crippen LogP contribution in [0.2, 0.25) is 0 Å². The van der Waals surface area contributed by atoms with Gasteiger partial charge in [0, 0.05) is 62.9 Å². The van der Waals surface area contributed by atoms with Crippen molar-refractivity contribution in [2.24, 2.45) is 11.8 Å². The Hall–Kier alpha value is -5.35. The quantitative estimate of drug-likeness (QED) is 0.235. The van der Waals surface area contributed by atoms with Crippen molar-refractivity contribution in [2.75, 3.05) is 44.7 Å². The van der Waals surface area contributed by atoms with Crippen LogP contribution in [0.4, 0.5) is 5.69 Å². The van der Waals surface area contributed by atoms with Gasteiger partial charge < -0.3 is 46.2 Å². The number of benzene rings is 2. The van der Waals surface area contributed by atoms with Crippen LogP contribution in [0.15, 0.2) is 42.5 Å². The summed E-state index contributed by atoms with van der Waals surface area (Å²) in [6, 6.07) is 8.02. The Kier molecular flexibility index (Phi) is 14.6. The number of piperazine rings is 1. The molecular formula is C42H57N7O9. The highest BCUT2D eigenvalue weighted by Crippen LogP contribution is 2.30. The smallest absolute Gasteiger partial charge is 0.305 e. The predicted molar refractivity (Wildman–Crippen MR) is 215 cm³/mol. The van der Waals surface area contributed by atoms with Crippen LogP contribution in [-0.2, 0) is 35.3 Å². The molecule has 6 atom stereocenters. The monoisotopic (exact) mass is 803 g/mol. The second-order valence-corrected chi connectivity index (χ2v) is 16.2. The van der Waals surface area contributed by atoms with Gasteiger partial charge in [-0.3, -0.25) is 33.6 Å². The van der Waals surface area contributed by atoms with E-state index in [0.29, 0.717) is 24.0 Å². The van der Waals surface area contributed by atoms with Gasteiger partial charge in [-0.1, -0.05) is 38.1 Å². The van der Waals surface area contributed by atoms with Crippen LogP contribution in [-0.4, -0.2) is 131 Å². The third-order valence-electron chi connectivity index (χ3n) is 11.1. The van der Waals surface area contributed by atoms with E-state index in [2.05, 4.69) is 50.2 Å². The Bertz CT molecular complexity index is 1860. The van der Waals surface area contributed by atoms with Crippen LogP contribution in [0.5, 0.6) is 0 Å². The Balaban J connectivity index is 1.52. The van der Waals surface area contributed by atoms with Crippen molar-refractivity contribution in [3.8, 4) is 11.1 Å². The fourth-order valence-electron chi connectivity index (χ4n) is 7.85. The summed E-state index contributed by atoms with van der Waals surface area (Å²) in [5, 5.41) is 30.4. The van der Waals surface area contributed by atoms with E-state index < -0.39 is 78.1 Å². The largest absolute Gasteiger partial charge is 0.481 e. The lowest BCUT2D eigenvalue weighted by Gasteiger charge is -2.34. The SMILES string of the molecule is CC(C)C[C@@H]1CC(=O)c2ccc(-c3ccc(N4CCN(C)CC4)cc3)c(c2)CNC(=O)[C@@H]2CCCN2C(=O)[C@H](C)NC(=O)[C@H]([C@@H](C)O)NC(=O)[C@H](CC(=O)O)NC1=O. The number of nitrogens with one attached hydrogen (secondary N) is 4. The number of nitrogens with zero attached hydrogens (tertiary/aromatic N) is 3. The number of amides is 5. The number of hydrogen-bond acceptors (Lipinski definition) is 10. The number of aliphatic hydroxyl groups excluding tert-OH is 1. The summed E-state index contributed by atoms with van der Waals surface area (Å²) < 4.78 is 0. The number of hydrogen-bond donors (Lipinski definition) is 6. The van der Waals surface area contributed by atoms with E-state index in [1.54, 1.807) is 12.1 Å². The summed E-state index contributed by atoms with van der Waals surface area (Å²) in [5.74, 6) is -6.46. The number of likely N-dealkylation sites (N-methyl/N-ethyl adjacent to an activating group) is 1. The van der Waals surface area contributed by atoms with Crippen molar-refractivity contribution in [3.05, 3.63) is 53.6 Å². The zero-order chi connectivity index (χ0) is 42.3. The lowest BCUT2D eigenvalue weighted by atomic mass is 9.88. The molecule has 2 fully saturated rings. The van der Waals surface area contributed by atoms with E-state index in [9.17, 15) is 43.8 Å². The van der Waals surface area contributed by atoms with Crippen molar-refractivity contribution >= 4 is 47.0 Å². The molecule has 16 nitrogen and oxygen atoms in total. The maximum absolute atomic E-state index is 14.0. The molecule has 0 radical (unpaired) electrons. The lowest BCUT2D eigenvalue weighted by Crippen LogP contribution is -2.60. The van der Waals surface area contributed by atoms with E-state index in [4.69, 9.17) is 0 Å². The van der Waals surface area contributed by atoms with E-state index in [-0.39, 0.29) is 37.6 Å². The number of fused-ring (bicyclic) bond motifs is 3. The second kappa shape index (κ2) is 19.4. The molecule has 0 aromatic heterocycles. The first-order valence-electron chi connectivity index (χ1n) is 20.1. The van der Waals surface area contributed by atoms with Crippen molar-refractivity contribution in [2.45, 2.75) is 96.6 Å². The van der Waals surface area contributed by atoms with Gasteiger partial charge in [0.1, 0.15) is 24.2 Å². The third kappa shape index (κ3) is 11.0. The summed E-state index contributed by atoms with van der Waals surface area (Å²) in [7, 11) is 2.10. The molecule has 0 unspecified atom stereocenters. The molecule has 2 saturated heterocycles. The minimum atomic E-state index is -1.66. The van der Waals surface area contributed by atoms with Crippen LogP contribution >= 0.6 is 0 Å². The predicted octanol–water partition coefficient (Wildman–Crippen LogP) is 1.29. The summed E-state index contributed by atoms with van der Waals surface area (Å²) in [6.07, 6.45) is -1.43. The lowest BCUT2D eigenvalue weighted by molar-refractivity contribution is -0.143. The maximum Gasteiger partial charge on any atom is 0.305 e. The molecule has 16 heteroatoms. The summed E-state index contributed by atoms with van der Waals surface area (Å²) >= 11 is 0. The standard InChI is InChI=1S/C42H57N7O9/c1-24(2)19-29-21-35(51)28-10-13-32(27-8-11-31(12-9-27)48-17-15-47(5)16-18-48)30(20-28)23-43-40(56)34-7-6-14-49(34)42(58)25(3)44-41(57)37(26(4)50)46-39(55)33(22-36(52)53)45-38(29)54/h8-13,20,24-26,29,33-34,37,50H,6-7,14-19,21-23H2,1-5H3,(H,43,56)(H,44,57)(H,45,54)(H,46,55)(H,52,53)/t25-,26+,29+,33-,34-,37-/m0/s1. The van der Waals surface area contributed by atoms with Gasteiger partial charge in [-0.25, -0.2) is 0 Å². The number of carbonyl (C=O) groups excluding carboxylic acids is 6. The molecule has 0 aliphatic carbocycles. The number of aliphatic hydroxyl groups is 1. The third-order valence-corrected chi connectivity index (χ3v) is 11.1. The fourth-order valence-corrected chi connectivity index (χ4v) is 7.85. The molecule has 3 heterocycles. The van der Waals surface area contributed by atoms with Crippen molar-refractivity contribution in [1.29, 1.82) is 0 Å². The Morgan fingerprint density at radius 2 is 1.50 bits per heavy atom. The van der Waals surface area contributed by atoms with Crippen molar-refractivity contribution < 1.29 is 43.8 Å². The molecule has 2 bridgehead atoms. The number of carboxylic acids is 1. The van der Waals surface area contributed by atoms with E-state index >= 15 is 0 Å². The van der Waals surface area contributed by atoms with Gasteiger partial charge in [0.15, 0.2) is 5.78 Å². The van der Waals surface area contributed by atoms with Crippen LogP contribution in [0.3, 0.4) is 0 Å². The Morgan fingerprint density at radius 1 is 0.828 bits per heavy atom. The molecule has 58 heavy (non-hydrogen) atoms. The number of anilines is 1. The number of carboxylic acid groups (broad SMARTS) is 1. The van der Waals surface area contributed by atoms with Crippen molar-refractivity contribution in [1.82, 2.24) is 31.1 Å². The average molecular weight is 804 g/mol.